The van der Waals surface area contributed by atoms with E-state index in [0.717, 1.165) is 6.42 Å². The fourth-order valence-electron chi connectivity index (χ4n) is 3.32. The number of Topliss-reactive ketones (excluding diaryl/α,β-unsaturated/α-hetero) is 1. The maximum absolute atomic E-state index is 12.8. The third kappa shape index (κ3) is 4.57. The van der Waals surface area contributed by atoms with Crippen molar-refractivity contribution in [2.24, 2.45) is 0 Å². The molecule has 7 nitrogen and oxygen atoms in total. The number of aliphatic hydroxyl groups is 1. The molecule has 0 spiro atoms. The number of nitrogens with zero attached hydrogens (tertiary/aromatic N) is 1. The zero-order valence-electron chi connectivity index (χ0n) is 17.5. The highest BCUT2D eigenvalue weighted by molar-refractivity contribution is 6.46. The summed E-state index contributed by atoms with van der Waals surface area (Å²) in [6.07, 6.45) is 2.35. The summed E-state index contributed by atoms with van der Waals surface area (Å²) in [6.45, 7) is 6.87. The van der Waals surface area contributed by atoms with Gasteiger partial charge >= 0.3 is 0 Å². The first kappa shape index (κ1) is 21.6. The summed E-state index contributed by atoms with van der Waals surface area (Å²) in [7, 11) is 0. The molecule has 1 atom stereocenters. The van der Waals surface area contributed by atoms with Gasteiger partial charge in [0.1, 0.15) is 23.3 Å². The molecule has 1 aliphatic heterocycles. The van der Waals surface area contributed by atoms with Crippen LogP contribution in [0.2, 0.25) is 0 Å². The van der Waals surface area contributed by atoms with E-state index in [1.807, 2.05) is 20.8 Å². The van der Waals surface area contributed by atoms with Gasteiger partial charge in [-0.15, -0.1) is 0 Å². The Kier molecular flexibility index (Phi) is 6.95. The number of rotatable bonds is 9. The lowest BCUT2D eigenvalue weighted by molar-refractivity contribution is -0.140. The van der Waals surface area contributed by atoms with Crippen molar-refractivity contribution in [2.45, 2.75) is 39.3 Å². The topological polar surface area (TPSA) is 89.2 Å². The van der Waals surface area contributed by atoms with Gasteiger partial charge in [-0.1, -0.05) is 6.92 Å². The highest BCUT2D eigenvalue weighted by atomic mass is 16.5. The first-order valence-corrected chi connectivity index (χ1v) is 10.1. The SMILES string of the molecule is CCCOc1ccc(/C(O)=C2/C(=O)C(=O)N(CCOC(C)C)C2c2ccco2)cc1. The number of hydrogen-bond acceptors (Lipinski definition) is 6. The maximum atomic E-state index is 12.8. The third-order valence-corrected chi connectivity index (χ3v) is 4.74. The molecule has 1 N–H and O–H groups in total. The molecule has 1 amide bonds. The largest absolute Gasteiger partial charge is 0.507 e. The Bertz CT molecular complexity index is 898. The lowest BCUT2D eigenvalue weighted by Gasteiger charge is -2.23. The predicted molar refractivity (Wildman–Crippen MR) is 111 cm³/mol. The van der Waals surface area contributed by atoms with Crippen LogP contribution < -0.4 is 4.74 Å². The highest BCUT2D eigenvalue weighted by Crippen LogP contribution is 2.39. The number of likely N-dealkylation sites (tertiary alicyclic amines) is 1. The van der Waals surface area contributed by atoms with Gasteiger partial charge in [0.2, 0.25) is 0 Å². The van der Waals surface area contributed by atoms with Crippen LogP contribution in [0.15, 0.2) is 52.7 Å². The molecule has 160 valence electrons. The van der Waals surface area contributed by atoms with Crippen LogP contribution in [0.3, 0.4) is 0 Å². The minimum atomic E-state index is -0.813. The van der Waals surface area contributed by atoms with E-state index < -0.39 is 17.7 Å². The molecule has 0 radical (unpaired) electrons. The van der Waals surface area contributed by atoms with Crippen molar-refractivity contribution in [2.75, 3.05) is 19.8 Å². The van der Waals surface area contributed by atoms with Crippen LogP contribution in [0.5, 0.6) is 5.75 Å². The minimum Gasteiger partial charge on any atom is -0.507 e. The van der Waals surface area contributed by atoms with Gasteiger partial charge in [-0.25, -0.2) is 0 Å². The fraction of sp³-hybridized carbons (Fsp3) is 0.391. The van der Waals surface area contributed by atoms with Crippen molar-refractivity contribution in [3.63, 3.8) is 0 Å². The quantitative estimate of drug-likeness (QED) is 0.381. The van der Waals surface area contributed by atoms with E-state index in [-0.39, 0.29) is 30.6 Å². The summed E-state index contributed by atoms with van der Waals surface area (Å²) < 4.78 is 16.6. The van der Waals surface area contributed by atoms with E-state index >= 15 is 0 Å². The van der Waals surface area contributed by atoms with Gasteiger partial charge < -0.3 is 23.9 Å². The standard InChI is InChI=1S/C23H27NO6/c1-4-12-29-17-9-7-16(8-10-17)21(25)19-20(18-6-5-13-30-18)24(23(27)22(19)26)11-14-28-15(2)3/h5-10,13,15,20,25H,4,11-12,14H2,1-3H3/b21-19-. The van der Waals surface area contributed by atoms with Gasteiger partial charge in [0.25, 0.3) is 11.7 Å². The van der Waals surface area contributed by atoms with E-state index in [0.29, 0.717) is 23.7 Å². The molecule has 1 aromatic heterocycles. The van der Waals surface area contributed by atoms with Gasteiger partial charge in [-0.3, -0.25) is 9.59 Å². The molecule has 1 fully saturated rings. The molecule has 1 unspecified atom stereocenters. The predicted octanol–water partition coefficient (Wildman–Crippen LogP) is 3.92. The highest BCUT2D eigenvalue weighted by Gasteiger charge is 2.47. The van der Waals surface area contributed by atoms with Gasteiger partial charge in [0, 0.05) is 12.1 Å². The average Bonchev–Trinajstić information content (AvgIpc) is 3.34. The third-order valence-electron chi connectivity index (χ3n) is 4.74. The number of benzene rings is 1. The molecule has 2 aromatic rings. The lowest BCUT2D eigenvalue weighted by Crippen LogP contribution is -2.33. The molecule has 3 rings (SSSR count). The number of furan rings is 1. The molecule has 0 aliphatic carbocycles. The Labute approximate surface area is 175 Å². The normalized spacial score (nSPS) is 18.4. The molecule has 30 heavy (non-hydrogen) atoms. The Morgan fingerprint density at radius 1 is 1.17 bits per heavy atom. The van der Waals surface area contributed by atoms with Crippen LogP contribution in [-0.4, -0.2) is 47.6 Å². The zero-order valence-corrected chi connectivity index (χ0v) is 17.5. The van der Waals surface area contributed by atoms with Crippen LogP contribution in [0.25, 0.3) is 5.76 Å². The van der Waals surface area contributed by atoms with Crippen molar-refractivity contribution >= 4 is 17.4 Å². The van der Waals surface area contributed by atoms with Crippen molar-refractivity contribution in [3.8, 4) is 5.75 Å². The minimum absolute atomic E-state index is 0.00160. The smallest absolute Gasteiger partial charge is 0.295 e. The second kappa shape index (κ2) is 9.63. The molecule has 2 heterocycles. The van der Waals surface area contributed by atoms with Crippen LogP contribution in [-0.2, 0) is 14.3 Å². The zero-order chi connectivity index (χ0) is 21.7. The van der Waals surface area contributed by atoms with Crippen LogP contribution in [0.1, 0.15) is 44.6 Å². The van der Waals surface area contributed by atoms with Crippen molar-refractivity contribution < 1.29 is 28.6 Å². The Morgan fingerprint density at radius 2 is 1.90 bits per heavy atom. The molecular formula is C23H27NO6. The number of carbonyl (C=O) groups excluding carboxylic acids is 2. The molecule has 0 bridgehead atoms. The number of aliphatic hydroxyl groups excluding tert-OH is 1. The molecule has 7 heteroatoms. The van der Waals surface area contributed by atoms with Crippen LogP contribution >= 0.6 is 0 Å². The summed E-state index contributed by atoms with van der Waals surface area (Å²) in [5.74, 6) is -0.604. The first-order chi connectivity index (χ1) is 14.4. The number of carbonyl (C=O) groups is 2. The number of ketones is 1. The summed E-state index contributed by atoms with van der Waals surface area (Å²) >= 11 is 0. The van der Waals surface area contributed by atoms with Gasteiger partial charge in [0.15, 0.2) is 0 Å². The number of ether oxygens (including phenoxy) is 2. The fourth-order valence-corrected chi connectivity index (χ4v) is 3.32. The Morgan fingerprint density at radius 3 is 2.50 bits per heavy atom. The van der Waals surface area contributed by atoms with E-state index in [9.17, 15) is 14.7 Å². The van der Waals surface area contributed by atoms with E-state index in [1.165, 1.54) is 11.2 Å². The van der Waals surface area contributed by atoms with E-state index in [4.69, 9.17) is 13.9 Å². The van der Waals surface area contributed by atoms with E-state index in [1.54, 1.807) is 36.4 Å². The van der Waals surface area contributed by atoms with Gasteiger partial charge in [-0.2, -0.15) is 0 Å². The average molecular weight is 413 g/mol. The molecule has 1 saturated heterocycles. The monoisotopic (exact) mass is 413 g/mol. The van der Waals surface area contributed by atoms with Gasteiger partial charge in [0.05, 0.1) is 31.2 Å². The Hall–Kier alpha value is -3.06. The summed E-state index contributed by atoms with van der Waals surface area (Å²) in [6, 6.07) is 9.32. The number of hydrogen-bond donors (Lipinski definition) is 1. The van der Waals surface area contributed by atoms with E-state index in [2.05, 4.69) is 0 Å². The summed E-state index contributed by atoms with van der Waals surface area (Å²) in [5.41, 5.74) is 0.425. The van der Waals surface area contributed by atoms with Crippen molar-refractivity contribution in [1.29, 1.82) is 0 Å². The van der Waals surface area contributed by atoms with Gasteiger partial charge in [-0.05, 0) is 56.7 Å². The first-order valence-electron chi connectivity index (χ1n) is 10.1. The lowest BCUT2D eigenvalue weighted by atomic mass is 9.99. The van der Waals surface area contributed by atoms with Crippen LogP contribution in [0.4, 0.5) is 0 Å². The summed E-state index contributed by atoms with van der Waals surface area (Å²) in [5, 5.41) is 10.9. The molecule has 0 saturated carbocycles. The number of amides is 1. The second-order valence-electron chi connectivity index (χ2n) is 7.30. The second-order valence-corrected chi connectivity index (χ2v) is 7.30. The summed E-state index contributed by atoms with van der Waals surface area (Å²) in [4.78, 5) is 26.9. The van der Waals surface area contributed by atoms with Crippen molar-refractivity contribution in [1.82, 2.24) is 4.90 Å². The van der Waals surface area contributed by atoms with Crippen molar-refractivity contribution in [3.05, 3.63) is 59.6 Å². The molecular weight excluding hydrogens is 386 g/mol. The molecule has 1 aromatic carbocycles. The molecule has 1 aliphatic rings. The Balaban J connectivity index is 1.95. The van der Waals surface area contributed by atoms with Crippen LogP contribution in [0, 0.1) is 0 Å². The maximum Gasteiger partial charge on any atom is 0.295 e.